The van der Waals surface area contributed by atoms with Crippen molar-refractivity contribution in [3.63, 3.8) is 0 Å². The Morgan fingerprint density at radius 3 is 0.841 bits per heavy atom. The van der Waals surface area contributed by atoms with E-state index in [1.807, 2.05) is 103 Å². The van der Waals surface area contributed by atoms with Gasteiger partial charge in [0.1, 0.15) is 5.82 Å². The van der Waals surface area contributed by atoms with E-state index in [0.717, 1.165) is 83.5 Å². The van der Waals surface area contributed by atoms with Crippen molar-refractivity contribution >= 4 is 0 Å². The van der Waals surface area contributed by atoms with Crippen molar-refractivity contribution in [1.29, 1.82) is 0 Å². The van der Waals surface area contributed by atoms with Gasteiger partial charge in [0.25, 0.3) is 0 Å². The number of aromatic nitrogens is 6. The summed E-state index contributed by atoms with van der Waals surface area (Å²) in [6.45, 7) is 0. The average Bonchev–Trinajstić information content (AvgIpc) is 3.43. The van der Waals surface area contributed by atoms with Crippen LogP contribution < -0.4 is 0 Å². The minimum Gasteiger partial charge on any atom is -0.208 e. The lowest BCUT2D eigenvalue weighted by molar-refractivity contribution is 0.619. The first-order chi connectivity index (χ1) is 34.1. The SMILES string of the molecule is Fc1ccc2c(c1)C1c3ccc(-c4nc(-c5ccccc5)nc(-c5ccc(-c6ccccc6)cc5)n4)cc3C2c2ccc(-c3nc(-c4ccccc4)nc(-c4ccc(-c5ccccc5)cc4)n3)cc21. The first-order valence-corrected chi connectivity index (χ1v) is 23.1. The van der Waals surface area contributed by atoms with Gasteiger partial charge in [-0.1, -0.05) is 200 Å². The molecule has 2 atom stereocenters. The number of halogens is 1. The molecule has 0 radical (unpaired) electrons. The van der Waals surface area contributed by atoms with Crippen LogP contribution in [0.25, 0.3) is 90.6 Å². The van der Waals surface area contributed by atoms with Crippen molar-refractivity contribution in [1.82, 2.24) is 29.9 Å². The monoisotopic (exact) mass is 886 g/mol. The van der Waals surface area contributed by atoms with Gasteiger partial charge in [-0.3, -0.25) is 0 Å². The van der Waals surface area contributed by atoms with Crippen LogP contribution in [0.1, 0.15) is 45.2 Å². The number of benzene rings is 9. The van der Waals surface area contributed by atoms with Gasteiger partial charge in [-0.2, -0.15) is 0 Å². The van der Waals surface area contributed by atoms with Gasteiger partial charge >= 0.3 is 0 Å². The normalized spacial score (nSPS) is 14.2. The van der Waals surface area contributed by atoms with Gasteiger partial charge in [0.15, 0.2) is 34.9 Å². The Kier molecular flexibility index (Phi) is 9.72. The van der Waals surface area contributed by atoms with E-state index in [1.165, 1.54) is 5.56 Å². The third-order valence-electron chi connectivity index (χ3n) is 13.4. The molecule has 7 heteroatoms. The van der Waals surface area contributed by atoms with Crippen LogP contribution in [0.2, 0.25) is 0 Å². The fourth-order valence-corrected chi connectivity index (χ4v) is 10.1. The molecule has 69 heavy (non-hydrogen) atoms. The molecular weight excluding hydrogens is 848 g/mol. The molecule has 2 aromatic heterocycles. The summed E-state index contributed by atoms with van der Waals surface area (Å²) < 4.78 is 15.3. The molecule has 2 heterocycles. The van der Waals surface area contributed by atoms with Crippen molar-refractivity contribution in [2.24, 2.45) is 0 Å². The summed E-state index contributed by atoms with van der Waals surface area (Å²) in [6, 6.07) is 75.8. The summed E-state index contributed by atoms with van der Waals surface area (Å²) in [5.41, 5.74) is 16.5. The topological polar surface area (TPSA) is 77.3 Å². The maximum atomic E-state index is 15.3. The Balaban J connectivity index is 0.910. The molecule has 11 aromatic rings. The molecule has 14 rings (SSSR count). The Morgan fingerprint density at radius 1 is 0.217 bits per heavy atom. The molecule has 0 amide bonds. The summed E-state index contributed by atoms with van der Waals surface area (Å²) in [5, 5.41) is 0. The second-order valence-electron chi connectivity index (χ2n) is 17.6. The Bertz CT molecular complexity index is 3720. The zero-order valence-corrected chi connectivity index (χ0v) is 37.1. The highest BCUT2D eigenvalue weighted by molar-refractivity contribution is 5.77. The fraction of sp³-hybridized carbons (Fsp3) is 0.0323. The summed E-state index contributed by atoms with van der Waals surface area (Å²) in [6.07, 6.45) is 0. The van der Waals surface area contributed by atoms with E-state index >= 15 is 4.39 Å². The maximum Gasteiger partial charge on any atom is 0.164 e. The molecule has 0 spiro atoms. The van der Waals surface area contributed by atoms with Crippen LogP contribution in [0.3, 0.4) is 0 Å². The van der Waals surface area contributed by atoms with Crippen molar-refractivity contribution in [3.05, 3.63) is 264 Å². The van der Waals surface area contributed by atoms with E-state index in [0.29, 0.717) is 34.9 Å². The lowest BCUT2D eigenvalue weighted by Crippen LogP contribution is -2.28. The third kappa shape index (κ3) is 7.28. The van der Waals surface area contributed by atoms with Gasteiger partial charge in [0.2, 0.25) is 0 Å². The van der Waals surface area contributed by atoms with E-state index in [2.05, 4.69) is 109 Å². The van der Waals surface area contributed by atoms with Gasteiger partial charge in [0, 0.05) is 45.2 Å². The third-order valence-corrected chi connectivity index (χ3v) is 13.4. The van der Waals surface area contributed by atoms with E-state index in [9.17, 15) is 0 Å². The summed E-state index contributed by atoms with van der Waals surface area (Å²) in [7, 11) is 0. The van der Waals surface area contributed by atoms with E-state index < -0.39 is 0 Å². The molecule has 2 unspecified atom stereocenters. The van der Waals surface area contributed by atoms with E-state index in [1.54, 1.807) is 12.1 Å². The summed E-state index contributed by atoms with van der Waals surface area (Å²) in [4.78, 5) is 30.5. The van der Waals surface area contributed by atoms with Gasteiger partial charge in [-0.25, -0.2) is 34.3 Å². The lowest BCUT2D eigenvalue weighted by Gasteiger charge is -2.42. The number of hydrogen-bond acceptors (Lipinski definition) is 6. The summed E-state index contributed by atoms with van der Waals surface area (Å²) in [5.74, 6) is 2.89. The molecular formula is C62H39FN6. The second kappa shape index (κ2) is 16.7. The first kappa shape index (κ1) is 40.2. The Labute approximate surface area is 398 Å². The van der Waals surface area contributed by atoms with Crippen LogP contribution in [0.4, 0.5) is 4.39 Å². The van der Waals surface area contributed by atoms with E-state index in [4.69, 9.17) is 29.9 Å². The van der Waals surface area contributed by atoms with Crippen LogP contribution in [-0.2, 0) is 0 Å². The molecule has 2 bridgehead atoms. The number of nitrogens with zero attached hydrogens (tertiary/aromatic N) is 6. The van der Waals surface area contributed by atoms with Crippen LogP contribution in [-0.4, -0.2) is 29.9 Å². The largest absolute Gasteiger partial charge is 0.208 e. The van der Waals surface area contributed by atoms with Gasteiger partial charge in [0.05, 0.1) is 0 Å². The van der Waals surface area contributed by atoms with Crippen molar-refractivity contribution in [3.8, 4) is 90.6 Å². The molecule has 0 aliphatic heterocycles. The molecule has 6 nitrogen and oxygen atoms in total. The summed E-state index contributed by atoms with van der Waals surface area (Å²) >= 11 is 0. The smallest absolute Gasteiger partial charge is 0.164 e. The zero-order chi connectivity index (χ0) is 45.8. The van der Waals surface area contributed by atoms with Crippen molar-refractivity contribution < 1.29 is 4.39 Å². The maximum absolute atomic E-state index is 15.3. The fourth-order valence-electron chi connectivity index (χ4n) is 10.1. The van der Waals surface area contributed by atoms with Crippen LogP contribution in [0.15, 0.2) is 224 Å². The van der Waals surface area contributed by atoms with Crippen LogP contribution in [0, 0.1) is 5.82 Å². The minimum atomic E-state index is -0.256. The van der Waals surface area contributed by atoms with Crippen molar-refractivity contribution in [2.75, 3.05) is 0 Å². The van der Waals surface area contributed by atoms with Crippen LogP contribution >= 0.6 is 0 Å². The van der Waals surface area contributed by atoms with Crippen LogP contribution in [0.5, 0.6) is 0 Å². The highest BCUT2D eigenvalue weighted by atomic mass is 19.1. The highest BCUT2D eigenvalue weighted by Gasteiger charge is 2.42. The molecule has 0 saturated carbocycles. The molecule has 3 aliphatic rings. The predicted molar refractivity (Wildman–Crippen MR) is 271 cm³/mol. The van der Waals surface area contributed by atoms with Crippen molar-refractivity contribution in [2.45, 2.75) is 11.8 Å². The second-order valence-corrected chi connectivity index (χ2v) is 17.6. The predicted octanol–water partition coefficient (Wildman–Crippen LogP) is 14.5. The Morgan fingerprint density at radius 2 is 0.464 bits per heavy atom. The molecule has 0 fully saturated rings. The molecule has 3 aliphatic carbocycles. The number of rotatable bonds is 8. The first-order valence-electron chi connectivity index (χ1n) is 23.1. The standard InChI is InChI=1S/C62H39FN6/c63-48-31-34-51-54(37-48)56-50-33-30-46(61-66-57(42-17-9-3-10-18-42)64-59(68-61)44-25-21-40(22-26-44)38-13-5-1-6-14-38)35-52(50)55(51)49-32-29-47(36-53(49)56)62-67-58(43-19-11-4-12-20-43)65-60(69-62)45-27-23-41(24-28-45)39-15-7-2-8-16-39/h1-37,55-56H. The number of hydrogen-bond donors (Lipinski definition) is 0. The minimum absolute atomic E-state index is 0.151. The molecule has 324 valence electrons. The highest BCUT2D eigenvalue weighted by Crippen LogP contribution is 2.57. The van der Waals surface area contributed by atoms with E-state index in [-0.39, 0.29) is 17.7 Å². The zero-order valence-electron chi connectivity index (χ0n) is 37.1. The Hall–Kier alpha value is -9.07. The van der Waals surface area contributed by atoms with Gasteiger partial charge < -0.3 is 0 Å². The molecule has 0 N–H and O–H groups in total. The molecule has 0 saturated heterocycles. The quantitative estimate of drug-likeness (QED) is 0.151. The molecule has 9 aromatic carbocycles. The lowest BCUT2D eigenvalue weighted by atomic mass is 9.60. The van der Waals surface area contributed by atoms with Gasteiger partial charge in [-0.05, 0) is 79.9 Å². The average molecular weight is 887 g/mol. The van der Waals surface area contributed by atoms with Gasteiger partial charge in [-0.15, -0.1) is 0 Å².